The van der Waals surface area contributed by atoms with E-state index in [-0.39, 0.29) is 19.1 Å². The predicted octanol–water partition coefficient (Wildman–Crippen LogP) is 20.3. The first kappa shape index (κ1) is 75.2. The number of rotatable bonds is 58. The Morgan fingerprint density at radius 2 is 0.782 bits per heavy atom. The first-order valence-electron chi connectivity index (χ1n) is 32.3. The molecule has 3 N–H and O–H groups in total. The van der Waals surface area contributed by atoms with Gasteiger partial charge in [-0.05, 0) is 89.9 Å². The lowest BCUT2D eigenvalue weighted by Gasteiger charge is -2.25. The number of allylic oxidation sites excluding steroid dienone is 17. The molecule has 1 amide bonds. The zero-order valence-corrected chi connectivity index (χ0v) is 52.3. The zero-order chi connectivity index (χ0) is 57.0. The predicted molar refractivity (Wildman–Crippen MR) is 341 cm³/mol. The molecule has 0 aromatic rings. The molecule has 0 saturated carbocycles. The number of nitrogens with one attached hydrogen (secondary N) is 1. The molecule has 0 rings (SSSR count). The first-order valence-corrected chi connectivity index (χ1v) is 33.8. The first-order chi connectivity index (χ1) is 38.0. The van der Waals surface area contributed by atoms with Gasteiger partial charge in [-0.3, -0.25) is 13.8 Å². The largest absolute Gasteiger partial charge is 0.472 e. The number of carbonyl (C=O) groups excluding carboxylic acids is 1. The van der Waals surface area contributed by atoms with Gasteiger partial charge in [0, 0.05) is 6.42 Å². The number of nitrogens with zero attached hydrogens (tertiary/aromatic N) is 1. The van der Waals surface area contributed by atoms with Crippen molar-refractivity contribution in [1.82, 2.24) is 5.32 Å². The number of quaternary nitrogens is 1. The van der Waals surface area contributed by atoms with Crippen LogP contribution in [-0.4, -0.2) is 73.4 Å². The van der Waals surface area contributed by atoms with Crippen molar-refractivity contribution in [2.24, 2.45) is 0 Å². The molecule has 3 atom stereocenters. The summed E-state index contributed by atoms with van der Waals surface area (Å²) >= 11 is 0. The number of hydrogen-bond acceptors (Lipinski definition) is 5. The van der Waals surface area contributed by atoms with Crippen LogP contribution in [0.15, 0.2) is 109 Å². The summed E-state index contributed by atoms with van der Waals surface area (Å²) in [6.07, 6.45) is 86.5. The highest BCUT2D eigenvalue weighted by molar-refractivity contribution is 7.47. The van der Waals surface area contributed by atoms with Crippen LogP contribution in [0.5, 0.6) is 0 Å². The van der Waals surface area contributed by atoms with E-state index < -0.39 is 20.0 Å². The average molecular weight is 1110 g/mol. The van der Waals surface area contributed by atoms with Gasteiger partial charge in [-0.2, -0.15) is 0 Å². The van der Waals surface area contributed by atoms with Crippen molar-refractivity contribution in [3.8, 4) is 0 Å². The molecule has 0 aromatic heterocycles. The van der Waals surface area contributed by atoms with Crippen LogP contribution in [0.25, 0.3) is 0 Å². The number of hydrogen-bond donors (Lipinski definition) is 3. The van der Waals surface area contributed by atoms with Crippen LogP contribution in [0.2, 0.25) is 0 Å². The molecule has 3 unspecified atom stereocenters. The van der Waals surface area contributed by atoms with Crippen LogP contribution < -0.4 is 5.32 Å². The van der Waals surface area contributed by atoms with Crippen LogP contribution in [0.4, 0.5) is 0 Å². The van der Waals surface area contributed by atoms with Crippen molar-refractivity contribution in [3.05, 3.63) is 109 Å². The summed E-state index contributed by atoms with van der Waals surface area (Å²) in [4.78, 5) is 23.4. The molecule has 0 radical (unpaired) electrons. The highest BCUT2D eigenvalue weighted by Crippen LogP contribution is 2.43. The molecule has 9 heteroatoms. The number of phosphoric ester groups is 1. The molecular formula is C69H124N2O6P+. The fourth-order valence-corrected chi connectivity index (χ4v) is 9.72. The van der Waals surface area contributed by atoms with Gasteiger partial charge < -0.3 is 19.8 Å². The third kappa shape index (κ3) is 60.8. The maximum Gasteiger partial charge on any atom is 0.472 e. The summed E-state index contributed by atoms with van der Waals surface area (Å²) in [7, 11) is 1.53. The van der Waals surface area contributed by atoms with Crippen LogP contribution in [0.3, 0.4) is 0 Å². The number of carbonyl (C=O) groups is 1. The fraction of sp³-hybridized carbons (Fsp3) is 0.725. The van der Waals surface area contributed by atoms with Crippen molar-refractivity contribution >= 4 is 13.7 Å². The fourth-order valence-electron chi connectivity index (χ4n) is 8.98. The third-order valence-electron chi connectivity index (χ3n) is 14.0. The molecule has 0 spiro atoms. The second-order valence-electron chi connectivity index (χ2n) is 22.7. The Labute approximate surface area is 482 Å². The Bertz CT molecular complexity index is 1640. The van der Waals surface area contributed by atoms with Crippen LogP contribution in [0, 0.1) is 0 Å². The molecule has 8 nitrogen and oxygen atoms in total. The summed E-state index contributed by atoms with van der Waals surface area (Å²) in [5, 5.41) is 13.9. The zero-order valence-electron chi connectivity index (χ0n) is 51.4. The molecule has 0 aromatic carbocycles. The van der Waals surface area contributed by atoms with Gasteiger partial charge in [-0.25, -0.2) is 4.57 Å². The second kappa shape index (κ2) is 58.8. The minimum Gasteiger partial charge on any atom is -0.387 e. The lowest BCUT2D eigenvalue weighted by Crippen LogP contribution is -2.45. The third-order valence-corrected chi connectivity index (χ3v) is 15.0. The summed E-state index contributed by atoms with van der Waals surface area (Å²) < 4.78 is 23.7. The smallest absolute Gasteiger partial charge is 0.387 e. The standard InChI is InChI=1S/C69H123N2O6P/c1-6-8-10-12-14-16-18-20-22-24-26-28-30-32-34-35-37-38-40-42-44-46-48-50-52-54-56-58-60-62-68(72)67(66-77-78(74,75)76-65-64-71(3,4)5)70-69(73)63-61-59-57-55-53-51-49-47-45-43-41-39-36-33-31-29-27-25-23-21-19-17-15-13-11-9-7-2/h9,11,15,17,21,23,27,29,33,36,41,43,47,49,52,54,60,62,67-68,72H,6-8,10,12-14,16,18-20,22,24-26,28,30-32,34-35,37-40,42,44-46,48,50-51,53,55-59,61,63-66H2,1-5H3,(H-,70,73,74,75)/p+1/b11-9-,17-15-,23-21-,29-27-,36-33-,43-41-,49-47-,54-52+,62-60+. The normalized spacial score (nSPS) is 14.5. The van der Waals surface area contributed by atoms with Crippen LogP contribution in [0.1, 0.15) is 271 Å². The monoisotopic (exact) mass is 1110 g/mol. The number of likely N-dealkylation sites (N-methyl/N-ethyl adjacent to an activating group) is 1. The molecule has 0 fully saturated rings. The number of aliphatic hydroxyl groups excluding tert-OH is 1. The molecule has 0 aliphatic rings. The van der Waals surface area contributed by atoms with Gasteiger partial charge in [-0.15, -0.1) is 0 Å². The molecule has 0 aliphatic carbocycles. The van der Waals surface area contributed by atoms with E-state index in [0.29, 0.717) is 17.4 Å². The van der Waals surface area contributed by atoms with E-state index in [9.17, 15) is 19.4 Å². The Kier molecular flexibility index (Phi) is 56.7. The minimum absolute atomic E-state index is 0.0462. The molecular weight excluding hydrogens is 984 g/mol. The Morgan fingerprint density at radius 3 is 1.18 bits per heavy atom. The number of amides is 1. The van der Waals surface area contributed by atoms with Crippen molar-refractivity contribution < 1.29 is 32.9 Å². The van der Waals surface area contributed by atoms with Gasteiger partial charge in [0.25, 0.3) is 0 Å². The maximum atomic E-state index is 13.0. The van der Waals surface area contributed by atoms with Gasteiger partial charge >= 0.3 is 7.82 Å². The van der Waals surface area contributed by atoms with Gasteiger partial charge in [-0.1, -0.05) is 284 Å². The van der Waals surface area contributed by atoms with E-state index >= 15 is 0 Å². The lowest BCUT2D eigenvalue weighted by molar-refractivity contribution is -0.870. The van der Waals surface area contributed by atoms with Gasteiger partial charge in [0.15, 0.2) is 0 Å². The van der Waals surface area contributed by atoms with E-state index in [2.05, 4.69) is 116 Å². The van der Waals surface area contributed by atoms with E-state index in [1.54, 1.807) is 6.08 Å². The molecule has 0 saturated heterocycles. The molecule has 0 aliphatic heterocycles. The Hall–Kier alpha value is -2.84. The van der Waals surface area contributed by atoms with Crippen molar-refractivity contribution in [2.45, 2.75) is 283 Å². The quantitative estimate of drug-likeness (QED) is 0.0243. The summed E-state index contributed by atoms with van der Waals surface area (Å²) in [5.41, 5.74) is 0. The van der Waals surface area contributed by atoms with Crippen molar-refractivity contribution in [3.63, 3.8) is 0 Å². The highest BCUT2D eigenvalue weighted by Gasteiger charge is 2.27. The van der Waals surface area contributed by atoms with Crippen molar-refractivity contribution in [1.29, 1.82) is 0 Å². The Morgan fingerprint density at radius 1 is 0.449 bits per heavy atom. The van der Waals surface area contributed by atoms with E-state index in [1.165, 1.54) is 148 Å². The summed E-state index contributed by atoms with van der Waals surface area (Å²) in [6.45, 7) is 4.68. The van der Waals surface area contributed by atoms with Gasteiger partial charge in [0.2, 0.25) is 5.91 Å². The summed E-state index contributed by atoms with van der Waals surface area (Å²) in [6, 6.07) is -0.884. The maximum absolute atomic E-state index is 13.0. The van der Waals surface area contributed by atoms with E-state index in [4.69, 9.17) is 9.05 Å². The van der Waals surface area contributed by atoms with E-state index in [1.807, 2.05) is 27.2 Å². The van der Waals surface area contributed by atoms with Gasteiger partial charge in [0.1, 0.15) is 13.2 Å². The average Bonchev–Trinajstić information content (AvgIpc) is 3.41. The van der Waals surface area contributed by atoms with Gasteiger partial charge in [0.05, 0.1) is 39.9 Å². The SMILES string of the molecule is CC/C=C\C/C=C\C/C=C\C/C=C\C/C=C\C/C=C\C/C=C\CCCCCCCC(=O)NC(COP(=O)(O)OCC[N+](C)(C)C)C(O)/C=C/CC/C=C/CCCCCCCCCCCCCCCCCCCCCCCCC. The minimum atomic E-state index is -4.37. The number of phosphoric acid groups is 1. The molecule has 78 heavy (non-hydrogen) atoms. The number of aliphatic hydroxyl groups is 1. The second-order valence-corrected chi connectivity index (χ2v) is 24.2. The van der Waals surface area contributed by atoms with Crippen molar-refractivity contribution in [2.75, 3.05) is 40.9 Å². The Balaban J connectivity index is 4.25. The summed E-state index contributed by atoms with van der Waals surface area (Å²) in [5.74, 6) is -0.208. The number of unbranched alkanes of at least 4 members (excludes halogenated alkanes) is 29. The molecule has 0 bridgehead atoms. The highest BCUT2D eigenvalue weighted by atomic mass is 31.2. The lowest BCUT2D eigenvalue weighted by atomic mass is 10.0. The topological polar surface area (TPSA) is 105 Å². The van der Waals surface area contributed by atoms with E-state index in [0.717, 1.165) is 103 Å². The molecule has 450 valence electrons. The molecule has 0 heterocycles. The van der Waals surface area contributed by atoms with Crippen LogP contribution in [-0.2, 0) is 18.4 Å². The van der Waals surface area contributed by atoms with Crippen LogP contribution >= 0.6 is 7.82 Å².